The Balaban J connectivity index is 1.42. The molecule has 0 saturated carbocycles. The van der Waals surface area contributed by atoms with E-state index >= 15 is 0 Å². The quantitative estimate of drug-likeness (QED) is 0.665. The average Bonchev–Trinajstić information content (AvgIpc) is 3.04. The summed E-state index contributed by atoms with van der Waals surface area (Å²) in [5.74, 6) is 0.0132. The summed E-state index contributed by atoms with van der Waals surface area (Å²) in [5.41, 5.74) is 3.26. The van der Waals surface area contributed by atoms with Gasteiger partial charge in [-0.1, -0.05) is 42.5 Å². The van der Waals surface area contributed by atoms with Crippen LogP contribution in [0.25, 0.3) is 10.8 Å². The van der Waals surface area contributed by atoms with Crippen molar-refractivity contribution in [2.45, 2.75) is 12.8 Å². The Morgan fingerprint density at radius 3 is 2.88 bits per heavy atom. The Hall–Kier alpha value is -2.68. The lowest BCUT2D eigenvalue weighted by Crippen LogP contribution is -2.22. The van der Waals surface area contributed by atoms with Gasteiger partial charge in [-0.15, -0.1) is 0 Å². The summed E-state index contributed by atoms with van der Waals surface area (Å²) in [6.07, 6.45) is 5.31. The van der Waals surface area contributed by atoms with Crippen LogP contribution in [-0.2, 0) is 6.42 Å². The zero-order valence-corrected chi connectivity index (χ0v) is 13.5. The molecule has 3 aromatic rings. The molecule has 0 aliphatic carbocycles. The molecular weight excluding hydrogens is 296 g/mol. The molecule has 4 rings (SSSR count). The standard InChI is InChI=1S/C21H19N2O/c24-20(21-18-8-3-1-6-16(18)11-13-22-21)10-5-14-23-15-12-17-7-2-4-9-19(17)23/h1-4,6-11,13H,5,12,14-15H2. The number of hydrogen-bond donors (Lipinski definition) is 0. The molecular formula is C21H19N2O. The molecule has 0 saturated heterocycles. The van der Waals surface area contributed by atoms with Crippen LogP contribution in [0.5, 0.6) is 0 Å². The number of benzene rings is 2. The molecule has 2 heterocycles. The SMILES string of the molecule is O=C([CH]CCN1CCc2ccccc21)c1nccc2ccccc12. The number of nitrogens with zero attached hydrogens (tertiary/aromatic N) is 2. The van der Waals surface area contributed by atoms with E-state index in [4.69, 9.17) is 0 Å². The van der Waals surface area contributed by atoms with Gasteiger partial charge in [-0.25, -0.2) is 0 Å². The molecule has 3 heteroatoms. The summed E-state index contributed by atoms with van der Waals surface area (Å²) in [5, 5.41) is 1.98. The van der Waals surface area contributed by atoms with Gasteiger partial charge in [-0.3, -0.25) is 9.78 Å². The molecule has 119 valence electrons. The van der Waals surface area contributed by atoms with E-state index in [1.807, 2.05) is 30.3 Å². The summed E-state index contributed by atoms with van der Waals surface area (Å²) in [6, 6.07) is 18.3. The molecule has 0 bridgehead atoms. The van der Waals surface area contributed by atoms with E-state index in [1.54, 1.807) is 12.6 Å². The van der Waals surface area contributed by atoms with E-state index in [2.05, 4.69) is 34.1 Å². The zero-order chi connectivity index (χ0) is 16.4. The van der Waals surface area contributed by atoms with Gasteiger partial charge < -0.3 is 4.90 Å². The Labute approximate surface area is 141 Å². The van der Waals surface area contributed by atoms with Gasteiger partial charge in [0.1, 0.15) is 5.69 Å². The third-order valence-corrected chi connectivity index (χ3v) is 4.62. The summed E-state index contributed by atoms with van der Waals surface area (Å²) < 4.78 is 0. The number of aromatic nitrogens is 1. The molecule has 2 aromatic carbocycles. The lowest BCUT2D eigenvalue weighted by atomic mass is 10.0. The van der Waals surface area contributed by atoms with E-state index < -0.39 is 0 Å². The largest absolute Gasteiger partial charge is 0.371 e. The van der Waals surface area contributed by atoms with Crippen molar-refractivity contribution in [2.75, 3.05) is 18.0 Å². The Morgan fingerprint density at radius 1 is 1.08 bits per heavy atom. The summed E-state index contributed by atoms with van der Waals surface area (Å²) in [4.78, 5) is 19.2. The number of pyridine rings is 1. The van der Waals surface area contributed by atoms with Crippen molar-refractivity contribution < 1.29 is 4.79 Å². The molecule has 0 amide bonds. The minimum Gasteiger partial charge on any atom is -0.371 e. The second-order valence-corrected chi connectivity index (χ2v) is 6.10. The molecule has 0 fully saturated rings. The van der Waals surface area contributed by atoms with Crippen LogP contribution in [-0.4, -0.2) is 23.9 Å². The molecule has 3 nitrogen and oxygen atoms in total. The fraction of sp³-hybridized carbons (Fsp3) is 0.190. The summed E-state index contributed by atoms with van der Waals surface area (Å²) in [6.45, 7) is 1.90. The van der Waals surface area contributed by atoms with Crippen molar-refractivity contribution in [3.05, 3.63) is 78.5 Å². The van der Waals surface area contributed by atoms with Gasteiger partial charge in [-0.05, 0) is 35.9 Å². The smallest absolute Gasteiger partial charge is 0.185 e. The minimum absolute atomic E-state index is 0.0132. The van der Waals surface area contributed by atoms with Crippen LogP contribution in [0.15, 0.2) is 60.8 Å². The first-order chi connectivity index (χ1) is 11.8. The predicted octanol–water partition coefficient (Wildman–Crippen LogP) is 4.07. The number of carbonyl (C=O) groups is 1. The number of carbonyl (C=O) groups excluding carboxylic acids is 1. The number of rotatable bonds is 5. The molecule has 0 spiro atoms. The Kier molecular flexibility index (Phi) is 3.99. The lowest BCUT2D eigenvalue weighted by Gasteiger charge is -2.18. The van der Waals surface area contributed by atoms with Crippen LogP contribution < -0.4 is 4.90 Å². The van der Waals surface area contributed by atoms with Gasteiger partial charge in [0, 0.05) is 36.8 Å². The van der Waals surface area contributed by atoms with Crippen molar-refractivity contribution in [1.82, 2.24) is 4.98 Å². The number of anilines is 1. The van der Waals surface area contributed by atoms with Gasteiger partial charge in [-0.2, -0.15) is 0 Å². The van der Waals surface area contributed by atoms with Crippen LogP contribution in [0.3, 0.4) is 0 Å². The van der Waals surface area contributed by atoms with E-state index in [1.165, 1.54) is 11.3 Å². The maximum absolute atomic E-state index is 12.5. The number of Topliss-reactive ketones (excluding diaryl/α,β-unsaturated/α-hetero) is 1. The van der Waals surface area contributed by atoms with Gasteiger partial charge in [0.15, 0.2) is 5.78 Å². The van der Waals surface area contributed by atoms with Crippen LogP contribution in [0.1, 0.15) is 22.5 Å². The van der Waals surface area contributed by atoms with Crippen molar-refractivity contribution in [3.8, 4) is 0 Å². The average molecular weight is 315 g/mol. The third kappa shape index (κ3) is 2.78. The second-order valence-electron chi connectivity index (χ2n) is 6.10. The first-order valence-electron chi connectivity index (χ1n) is 8.37. The molecule has 0 unspecified atom stereocenters. The van der Waals surface area contributed by atoms with E-state index in [0.717, 1.165) is 36.7 Å². The highest BCUT2D eigenvalue weighted by atomic mass is 16.1. The van der Waals surface area contributed by atoms with Crippen molar-refractivity contribution in [3.63, 3.8) is 0 Å². The summed E-state index contributed by atoms with van der Waals surface area (Å²) in [7, 11) is 0. The molecule has 1 aromatic heterocycles. The normalized spacial score (nSPS) is 13.2. The van der Waals surface area contributed by atoms with Crippen LogP contribution in [0, 0.1) is 6.42 Å². The highest BCUT2D eigenvalue weighted by molar-refractivity contribution is 6.10. The number of hydrogen-bond acceptors (Lipinski definition) is 3. The number of ketones is 1. The third-order valence-electron chi connectivity index (χ3n) is 4.62. The van der Waals surface area contributed by atoms with Gasteiger partial charge in [0.2, 0.25) is 0 Å². The molecule has 1 aliphatic heterocycles. The van der Waals surface area contributed by atoms with Crippen LogP contribution in [0.2, 0.25) is 0 Å². The molecule has 24 heavy (non-hydrogen) atoms. The molecule has 0 N–H and O–H groups in total. The van der Waals surface area contributed by atoms with Crippen LogP contribution in [0.4, 0.5) is 5.69 Å². The summed E-state index contributed by atoms with van der Waals surface area (Å²) >= 11 is 0. The fourth-order valence-electron chi connectivity index (χ4n) is 3.40. The zero-order valence-electron chi connectivity index (χ0n) is 13.5. The highest BCUT2D eigenvalue weighted by Crippen LogP contribution is 2.27. The second kappa shape index (κ2) is 6.44. The number of para-hydroxylation sites is 1. The minimum atomic E-state index is 0.0132. The monoisotopic (exact) mass is 315 g/mol. The lowest BCUT2D eigenvalue weighted by molar-refractivity contribution is 0.102. The Bertz CT molecular complexity index is 882. The van der Waals surface area contributed by atoms with Crippen molar-refractivity contribution in [1.29, 1.82) is 0 Å². The molecule has 1 radical (unpaired) electrons. The van der Waals surface area contributed by atoms with E-state index in [0.29, 0.717) is 5.69 Å². The van der Waals surface area contributed by atoms with Gasteiger partial charge >= 0.3 is 0 Å². The topological polar surface area (TPSA) is 33.2 Å². The van der Waals surface area contributed by atoms with Gasteiger partial charge in [0.25, 0.3) is 0 Å². The highest BCUT2D eigenvalue weighted by Gasteiger charge is 2.18. The predicted molar refractivity (Wildman–Crippen MR) is 97.3 cm³/mol. The fourth-order valence-corrected chi connectivity index (χ4v) is 3.40. The molecule has 1 aliphatic rings. The Morgan fingerprint density at radius 2 is 1.92 bits per heavy atom. The first-order valence-corrected chi connectivity index (χ1v) is 8.37. The van der Waals surface area contributed by atoms with Crippen molar-refractivity contribution >= 4 is 22.2 Å². The van der Waals surface area contributed by atoms with Crippen molar-refractivity contribution in [2.24, 2.45) is 0 Å². The van der Waals surface area contributed by atoms with Crippen LogP contribution >= 0.6 is 0 Å². The van der Waals surface area contributed by atoms with E-state index in [-0.39, 0.29) is 5.78 Å². The van der Waals surface area contributed by atoms with Gasteiger partial charge in [0.05, 0.1) is 0 Å². The maximum Gasteiger partial charge on any atom is 0.185 e. The maximum atomic E-state index is 12.5. The first kappa shape index (κ1) is 14.9. The van der Waals surface area contributed by atoms with E-state index in [9.17, 15) is 4.79 Å². The number of fused-ring (bicyclic) bond motifs is 2. The molecule has 0 atom stereocenters.